The van der Waals surface area contributed by atoms with Crippen LogP contribution in [0.2, 0.25) is 5.02 Å². The SMILES string of the molecule is COC(=O)c1cc(NS(=O)(=O)c2ccc(OC)c(C(=O)N3CCCC3)c2)ccc1Cl. The molecule has 1 amide bonds. The summed E-state index contributed by atoms with van der Waals surface area (Å²) in [6.07, 6.45) is 1.82. The number of nitrogens with one attached hydrogen (secondary N) is 1. The number of esters is 1. The number of methoxy groups -OCH3 is 2. The maximum Gasteiger partial charge on any atom is 0.339 e. The van der Waals surface area contributed by atoms with Gasteiger partial charge in [0, 0.05) is 18.8 Å². The number of carbonyl (C=O) groups is 2. The highest BCUT2D eigenvalue weighted by Crippen LogP contribution is 2.28. The van der Waals surface area contributed by atoms with E-state index in [-0.39, 0.29) is 32.6 Å². The molecule has 0 spiro atoms. The predicted molar refractivity (Wildman–Crippen MR) is 112 cm³/mol. The van der Waals surface area contributed by atoms with Crippen LogP contribution in [0.25, 0.3) is 0 Å². The quantitative estimate of drug-likeness (QED) is 0.675. The average molecular weight is 453 g/mol. The Kier molecular flexibility index (Phi) is 6.52. The highest BCUT2D eigenvalue weighted by Gasteiger charge is 2.25. The van der Waals surface area contributed by atoms with Crippen LogP contribution in [-0.2, 0) is 14.8 Å². The van der Waals surface area contributed by atoms with Crippen molar-refractivity contribution in [3.05, 3.63) is 52.5 Å². The Balaban J connectivity index is 1.94. The van der Waals surface area contributed by atoms with Crippen molar-refractivity contribution in [2.75, 3.05) is 32.0 Å². The first-order valence-electron chi connectivity index (χ1n) is 9.15. The van der Waals surface area contributed by atoms with E-state index >= 15 is 0 Å². The van der Waals surface area contributed by atoms with Crippen LogP contribution in [0.5, 0.6) is 5.75 Å². The second kappa shape index (κ2) is 8.93. The predicted octanol–water partition coefficient (Wildman–Crippen LogP) is 3.17. The number of hydrogen-bond donors (Lipinski definition) is 1. The van der Waals surface area contributed by atoms with E-state index in [1.54, 1.807) is 4.90 Å². The molecule has 1 aliphatic heterocycles. The maximum absolute atomic E-state index is 12.9. The van der Waals surface area contributed by atoms with E-state index in [0.29, 0.717) is 18.8 Å². The normalized spacial score (nSPS) is 13.8. The third-order valence-corrected chi connectivity index (χ3v) is 6.44. The molecule has 0 radical (unpaired) electrons. The van der Waals surface area contributed by atoms with Crippen molar-refractivity contribution in [2.45, 2.75) is 17.7 Å². The molecule has 1 N–H and O–H groups in total. The summed E-state index contributed by atoms with van der Waals surface area (Å²) >= 11 is 5.98. The Morgan fingerprint density at radius 2 is 1.73 bits per heavy atom. The Bertz CT molecular complexity index is 1080. The van der Waals surface area contributed by atoms with Crippen molar-refractivity contribution in [1.29, 1.82) is 0 Å². The number of anilines is 1. The number of rotatable bonds is 6. The summed E-state index contributed by atoms with van der Waals surface area (Å²) in [5.41, 5.74) is 0.329. The zero-order valence-corrected chi connectivity index (χ0v) is 18.0. The minimum absolute atomic E-state index is 0.0268. The molecule has 160 valence electrons. The van der Waals surface area contributed by atoms with E-state index in [4.69, 9.17) is 16.3 Å². The fourth-order valence-electron chi connectivity index (χ4n) is 3.18. The average Bonchev–Trinajstić information content (AvgIpc) is 3.28. The second-order valence-corrected chi connectivity index (χ2v) is 8.74. The molecule has 10 heteroatoms. The van der Waals surface area contributed by atoms with Crippen molar-refractivity contribution in [2.24, 2.45) is 0 Å². The molecule has 2 aromatic carbocycles. The topological polar surface area (TPSA) is 102 Å². The van der Waals surface area contributed by atoms with Crippen LogP contribution >= 0.6 is 11.6 Å². The van der Waals surface area contributed by atoms with Gasteiger partial charge in [0.15, 0.2) is 0 Å². The number of amides is 1. The molecule has 8 nitrogen and oxygen atoms in total. The summed E-state index contributed by atoms with van der Waals surface area (Å²) in [6, 6.07) is 8.18. The summed E-state index contributed by atoms with van der Waals surface area (Å²) in [5.74, 6) is -0.671. The summed E-state index contributed by atoms with van der Waals surface area (Å²) in [4.78, 5) is 26.2. The van der Waals surface area contributed by atoms with E-state index < -0.39 is 16.0 Å². The first-order chi connectivity index (χ1) is 14.3. The van der Waals surface area contributed by atoms with Gasteiger partial charge in [0.2, 0.25) is 0 Å². The number of sulfonamides is 1. The smallest absolute Gasteiger partial charge is 0.339 e. The van der Waals surface area contributed by atoms with Gasteiger partial charge >= 0.3 is 5.97 Å². The lowest BCUT2D eigenvalue weighted by molar-refractivity contribution is 0.0600. The number of likely N-dealkylation sites (tertiary alicyclic amines) is 1. The largest absolute Gasteiger partial charge is 0.496 e. The zero-order valence-electron chi connectivity index (χ0n) is 16.5. The molecular formula is C20H21ClN2O6S. The molecule has 30 heavy (non-hydrogen) atoms. The van der Waals surface area contributed by atoms with Gasteiger partial charge in [0.05, 0.1) is 35.3 Å². The molecule has 1 heterocycles. The number of halogens is 1. The minimum Gasteiger partial charge on any atom is -0.496 e. The molecular weight excluding hydrogens is 432 g/mol. The van der Waals surface area contributed by atoms with Gasteiger partial charge in [0.25, 0.3) is 15.9 Å². The summed E-state index contributed by atoms with van der Waals surface area (Å²) in [6.45, 7) is 1.25. The van der Waals surface area contributed by atoms with Gasteiger partial charge in [-0.1, -0.05) is 11.6 Å². The van der Waals surface area contributed by atoms with Crippen LogP contribution in [0, 0.1) is 0 Å². The maximum atomic E-state index is 12.9. The first kappa shape index (κ1) is 21.9. The van der Waals surface area contributed by atoms with Crippen LogP contribution in [0.15, 0.2) is 41.3 Å². The number of benzene rings is 2. The van der Waals surface area contributed by atoms with Gasteiger partial charge in [-0.2, -0.15) is 0 Å². The van der Waals surface area contributed by atoms with Crippen molar-refractivity contribution in [1.82, 2.24) is 4.90 Å². The van der Waals surface area contributed by atoms with Crippen LogP contribution in [-0.4, -0.2) is 52.5 Å². The summed E-state index contributed by atoms with van der Waals surface area (Å²) in [5, 5.41) is 0.132. The van der Waals surface area contributed by atoms with Crippen LogP contribution in [0.1, 0.15) is 33.6 Å². The van der Waals surface area contributed by atoms with E-state index in [1.807, 2.05) is 0 Å². The van der Waals surface area contributed by atoms with Crippen molar-refractivity contribution in [3.63, 3.8) is 0 Å². The molecule has 0 atom stereocenters. The molecule has 1 saturated heterocycles. The third kappa shape index (κ3) is 4.52. The lowest BCUT2D eigenvalue weighted by Crippen LogP contribution is -2.28. The molecule has 3 rings (SSSR count). The molecule has 2 aromatic rings. The monoisotopic (exact) mass is 452 g/mol. The van der Waals surface area contributed by atoms with Gasteiger partial charge in [-0.15, -0.1) is 0 Å². The van der Waals surface area contributed by atoms with Gasteiger partial charge in [-0.05, 0) is 49.2 Å². The lowest BCUT2D eigenvalue weighted by atomic mass is 10.1. The number of carbonyl (C=O) groups excluding carboxylic acids is 2. The minimum atomic E-state index is -4.05. The van der Waals surface area contributed by atoms with Gasteiger partial charge in [0.1, 0.15) is 5.75 Å². The Hall–Kier alpha value is -2.78. The van der Waals surface area contributed by atoms with Gasteiger partial charge in [-0.3, -0.25) is 9.52 Å². The third-order valence-electron chi connectivity index (χ3n) is 4.73. The summed E-state index contributed by atoms with van der Waals surface area (Å²) < 4.78 is 38.1. The molecule has 1 fully saturated rings. The number of ether oxygens (including phenoxy) is 2. The highest BCUT2D eigenvalue weighted by atomic mass is 35.5. The lowest BCUT2D eigenvalue weighted by Gasteiger charge is -2.18. The fraction of sp³-hybridized carbons (Fsp3) is 0.300. The summed E-state index contributed by atoms with van der Waals surface area (Å²) in [7, 11) is -1.43. The Morgan fingerprint density at radius 3 is 2.37 bits per heavy atom. The van der Waals surface area contributed by atoms with Gasteiger partial charge in [-0.25, -0.2) is 13.2 Å². The van der Waals surface area contributed by atoms with E-state index in [9.17, 15) is 18.0 Å². The van der Waals surface area contributed by atoms with Crippen molar-refractivity contribution < 1.29 is 27.5 Å². The Labute approximate surface area is 179 Å². The first-order valence-corrected chi connectivity index (χ1v) is 11.0. The molecule has 1 aliphatic rings. The van der Waals surface area contributed by atoms with Crippen LogP contribution < -0.4 is 9.46 Å². The van der Waals surface area contributed by atoms with E-state index in [2.05, 4.69) is 9.46 Å². The standard InChI is InChI=1S/C20H21ClN2O6S/c1-28-18-8-6-14(12-16(18)19(24)23-9-3-4-10-23)30(26,27)22-13-5-7-17(21)15(11-13)20(25)29-2/h5-8,11-12,22H,3-4,9-10H2,1-2H3. The zero-order chi connectivity index (χ0) is 21.9. The molecule has 0 unspecified atom stereocenters. The van der Waals surface area contributed by atoms with Crippen molar-refractivity contribution in [3.8, 4) is 5.75 Å². The van der Waals surface area contributed by atoms with E-state index in [0.717, 1.165) is 12.8 Å². The van der Waals surface area contributed by atoms with Crippen LogP contribution in [0.4, 0.5) is 5.69 Å². The molecule has 0 bridgehead atoms. The number of hydrogen-bond acceptors (Lipinski definition) is 6. The molecule has 0 saturated carbocycles. The van der Waals surface area contributed by atoms with Crippen molar-refractivity contribution >= 4 is 39.2 Å². The number of nitrogens with zero attached hydrogens (tertiary/aromatic N) is 1. The van der Waals surface area contributed by atoms with E-state index in [1.165, 1.54) is 50.6 Å². The van der Waals surface area contributed by atoms with Gasteiger partial charge < -0.3 is 14.4 Å². The fourth-order valence-corrected chi connectivity index (χ4v) is 4.45. The highest BCUT2D eigenvalue weighted by molar-refractivity contribution is 7.92. The molecule has 0 aromatic heterocycles. The second-order valence-electron chi connectivity index (χ2n) is 6.65. The molecule has 0 aliphatic carbocycles. The Morgan fingerprint density at radius 1 is 1.03 bits per heavy atom. The van der Waals surface area contributed by atoms with Crippen LogP contribution in [0.3, 0.4) is 0 Å².